The Labute approximate surface area is 150 Å². The summed E-state index contributed by atoms with van der Waals surface area (Å²) in [6, 6.07) is 16.3. The summed E-state index contributed by atoms with van der Waals surface area (Å²) in [6.07, 6.45) is 0. The van der Waals surface area contributed by atoms with E-state index in [0.29, 0.717) is 21.8 Å². The van der Waals surface area contributed by atoms with Crippen LogP contribution >= 0.6 is 11.6 Å². The van der Waals surface area contributed by atoms with Gasteiger partial charge in [-0.3, -0.25) is 0 Å². The van der Waals surface area contributed by atoms with Gasteiger partial charge in [0.25, 0.3) is 0 Å². The number of aromatic carboxylic acids is 1. The van der Waals surface area contributed by atoms with Crippen molar-refractivity contribution in [1.29, 1.82) is 0 Å². The molecule has 0 atom stereocenters. The summed E-state index contributed by atoms with van der Waals surface area (Å²) in [5, 5.41) is 19.2. The van der Waals surface area contributed by atoms with Crippen molar-refractivity contribution in [2.75, 3.05) is 0 Å². The highest BCUT2D eigenvalue weighted by Crippen LogP contribution is 2.34. The lowest BCUT2D eigenvalue weighted by Gasteiger charge is -2.13. The first-order valence-electron chi connectivity index (χ1n) is 7.71. The molecule has 3 aromatic rings. The number of hydrogen-bond acceptors (Lipinski definition) is 3. The number of carboxylic acids is 1. The Morgan fingerprint density at radius 3 is 2.52 bits per heavy atom. The molecule has 0 unspecified atom stereocenters. The van der Waals surface area contributed by atoms with Crippen molar-refractivity contribution in [3.63, 3.8) is 0 Å². The first-order chi connectivity index (χ1) is 12.0. The average Bonchev–Trinajstić information content (AvgIpc) is 2.62. The first kappa shape index (κ1) is 17.1. The number of pyridine rings is 1. The molecule has 5 heteroatoms. The molecule has 2 N–H and O–H groups in total. The quantitative estimate of drug-likeness (QED) is 0.720. The highest BCUT2D eigenvalue weighted by Gasteiger charge is 2.15. The summed E-state index contributed by atoms with van der Waals surface area (Å²) in [7, 11) is 0. The molecule has 0 aliphatic rings. The van der Waals surface area contributed by atoms with Crippen LogP contribution in [0, 0.1) is 6.92 Å². The molecule has 0 saturated heterocycles. The van der Waals surface area contributed by atoms with E-state index in [1.165, 1.54) is 6.07 Å². The standard InChI is InChI=1S/C20H16ClNO3/c1-12-4-2-3-5-15(12)16-7-9-18(20(24)25)22-19(16)13-6-8-17(21)14(10-13)11-23/h2-10,23H,11H2,1H3,(H,24,25). The van der Waals surface area contributed by atoms with Crippen LogP contribution in [-0.4, -0.2) is 21.2 Å². The molecule has 0 saturated carbocycles. The number of aryl methyl sites for hydroxylation is 1. The van der Waals surface area contributed by atoms with Gasteiger partial charge in [0.05, 0.1) is 12.3 Å². The highest BCUT2D eigenvalue weighted by molar-refractivity contribution is 6.31. The monoisotopic (exact) mass is 353 g/mol. The van der Waals surface area contributed by atoms with Gasteiger partial charge in [-0.1, -0.05) is 41.9 Å². The summed E-state index contributed by atoms with van der Waals surface area (Å²) >= 11 is 6.07. The number of halogens is 1. The van der Waals surface area contributed by atoms with Crippen LogP contribution in [0.15, 0.2) is 54.6 Å². The fourth-order valence-corrected chi connectivity index (χ4v) is 2.91. The minimum Gasteiger partial charge on any atom is -0.477 e. The molecule has 126 valence electrons. The van der Waals surface area contributed by atoms with Crippen molar-refractivity contribution >= 4 is 17.6 Å². The second kappa shape index (κ2) is 7.05. The Morgan fingerprint density at radius 1 is 1.08 bits per heavy atom. The predicted octanol–water partition coefficient (Wildman–Crippen LogP) is 4.57. The van der Waals surface area contributed by atoms with Crippen LogP contribution in [0.1, 0.15) is 21.6 Å². The van der Waals surface area contributed by atoms with Crippen molar-refractivity contribution in [3.05, 3.63) is 76.4 Å². The van der Waals surface area contributed by atoms with E-state index in [9.17, 15) is 15.0 Å². The lowest BCUT2D eigenvalue weighted by Crippen LogP contribution is -2.03. The largest absolute Gasteiger partial charge is 0.477 e. The highest BCUT2D eigenvalue weighted by atomic mass is 35.5. The van der Waals surface area contributed by atoms with Gasteiger partial charge in [0, 0.05) is 16.1 Å². The Kier molecular flexibility index (Phi) is 4.83. The number of carboxylic acid groups (broad SMARTS) is 1. The third kappa shape index (κ3) is 3.40. The Morgan fingerprint density at radius 2 is 1.84 bits per heavy atom. The normalized spacial score (nSPS) is 10.7. The van der Waals surface area contributed by atoms with E-state index < -0.39 is 5.97 Å². The van der Waals surface area contributed by atoms with Gasteiger partial charge in [-0.05, 0) is 47.9 Å². The minimum atomic E-state index is -1.09. The zero-order chi connectivity index (χ0) is 18.0. The lowest BCUT2D eigenvalue weighted by molar-refractivity contribution is 0.0690. The van der Waals surface area contributed by atoms with Gasteiger partial charge >= 0.3 is 5.97 Å². The van der Waals surface area contributed by atoms with Gasteiger partial charge in [0.1, 0.15) is 5.69 Å². The van der Waals surface area contributed by atoms with E-state index in [4.69, 9.17) is 11.6 Å². The molecule has 0 spiro atoms. The van der Waals surface area contributed by atoms with Crippen LogP contribution in [0.2, 0.25) is 5.02 Å². The molecule has 0 aliphatic carbocycles. The fraction of sp³-hybridized carbons (Fsp3) is 0.100. The molecule has 0 fully saturated rings. The SMILES string of the molecule is Cc1ccccc1-c1ccc(C(=O)O)nc1-c1ccc(Cl)c(CO)c1. The van der Waals surface area contributed by atoms with E-state index in [-0.39, 0.29) is 12.3 Å². The summed E-state index contributed by atoms with van der Waals surface area (Å²) in [6.45, 7) is 1.79. The number of nitrogens with zero attached hydrogens (tertiary/aromatic N) is 1. The number of carbonyl (C=O) groups is 1. The molecule has 0 radical (unpaired) electrons. The summed E-state index contributed by atoms with van der Waals surface area (Å²) in [4.78, 5) is 15.7. The second-order valence-corrected chi connectivity index (χ2v) is 6.08. The maximum Gasteiger partial charge on any atom is 0.354 e. The van der Waals surface area contributed by atoms with Gasteiger partial charge in [-0.15, -0.1) is 0 Å². The van der Waals surface area contributed by atoms with Crippen LogP contribution in [-0.2, 0) is 6.61 Å². The number of aliphatic hydroxyl groups excluding tert-OH is 1. The van der Waals surface area contributed by atoms with Crippen molar-refractivity contribution in [2.24, 2.45) is 0 Å². The third-order valence-electron chi connectivity index (χ3n) is 4.04. The first-order valence-corrected chi connectivity index (χ1v) is 8.09. The maximum absolute atomic E-state index is 11.4. The van der Waals surface area contributed by atoms with E-state index in [1.54, 1.807) is 24.3 Å². The fourth-order valence-electron chi connectivity index (χ4n) is 2.73. The van der Waals surface area contributed by atoms with Crippen LogP contribution in [0.25, 0.3) is 22.4 Å². The molecular weight excluding hydrogens is 338 g/mol. The maximum atomic E-state index is 11.4. The van der Waals surface area contributed by atoms with Gasteiger partial charge < -0.3 is 10.2 Å². The summed E-state index contributed by atoms with van der Waals surface area (Å²) in [5.41, 5.74) is 4.64. The molecule has 0 amide bonds. The Bertz CT molecular complexity index is 953. The third-order valence-corrected chi connectivity index (χ3v) is 4.41. The predicted molar refractivity (Wildman–Crippen MR) is 97.7 cm³/mol. The summed E-state index contributed by atoms with van der Waals surface area (Å²) < 4.78 is 0. The molecule has 2 aromatic carbocycles. The zero-order valence-corrected chi connectivity index (χ0v) is 14.3. The van der Waals surface area contributed by atoms with Crippen LogP contribution in [0.4, 0.5) is 0 Å². The number of hydrogen-bond donors (Lipinski definition) is 2. The number of benzene rings is 2. The van der Waals surface area contributed by atoms with Gasteiger partial charge in [-0.25, -0.2) is 9.78 Å². The van der Waals surface area contributed by atoms with Crippen molar-refractivity contribution in [3.8, 4) is 22.4 Å². The van der Waals surface area contributed by atoms with Crippen LogP contribution < -0.4 is 0 Å². The van der Waals surface area contributed by atoms with Crippen molar-refractivity contribution < 1.29 is 15.0 Å². The van der Waals surface area contributed by atoms with Crippen molar-refractivity contribution in [1.82, 2.24) is 4.98 Å². The number of aliphatic hydroxyl groups is 1. The van der Waals surface area contributed by atoms with Gasteiger partial charge in [0.15, 0.2) is 0 Å². The minimum absolute atomic E-state index is 0.0344. The second-order valence-electron chi connectivity index (χ2n) is 5.68. The zero-order valence-electron chi connectivity index (χ0n) is 13.5. The molecule has 0 bridgehead atoms. The van der Waals surface area contributed by atoms with Crippen LogP contribution in [0.5, 0.6) is 0 Å². The smallest absolute Gasteiger partial charge is 0.354 e. The lowest BCUT2D eigenvalue weighted by atomic mass is 9.95. The number of aromatic nitrogens is 1. The van der Waals surface area contributed by atoms with E-state index in [1.807, 2.05) is 31.2 Å². The Balaban J connectivity index is 2.27. The van der Waals surface area contributed by atoms with E-state index in [2.05, 4.69) is 4.98 Å². The average molecular weight is 354 g/mol. The number of rotatable bonds is 4. The van der Waals surface area contributed by atoms with Gasteiger partial charge in [-0.2, -0.15) is 0 Å². The molecule has 0 aliphatic heterocycles. The molecule has 3 rings (SSSR count). The Hall–Kier alpha value is -2.69. The molecule has 4 nitrogen and oxygen atoms in total. The van der Waals surface area contributed by atoms with E-state index in [0.717, 1.165) is 16.7 Å². The molecule has 25 heavy (non-hydrogen) atoms. The molecule has 1 heterocycles. The summed E-state index contributed by atoms with van der Waals surface area (Å²) in [5.74, 6) is -1.09. The van der Waals surface area contributed by atoms with Crippen molar-refractivity contribution in [2.45, 2.75) is 13.5 Å². The van der Waals surface area contributed by atoms with Gasteiger partial charge in [0.2, 0.25) is 0 Å². The molecule has 1 aromatic heterocycles. The topological polar surface area (TPSA) is 70.4 Å². The van der Waals surface area contributed by atoms with E-state index >= 15 is 0 Å². The molecular formula is C20H16ClNO3. The van der Waals surface area contributed by atoms with Crippen LogP contribution in [0.3, 0.4) is 0 Å².